The molecule has 0 unspecified atom stereocenters. The molecule has 1 fully saturated rings. The molecule has 2 heterocycles. The Balaban J connectivity index is 2.03. The lowest BCUT2D eigenvalue weighted by atomic mass is 10.2. The molecule has 0 radical (unpaired) electrons. The average Bonchev–Trinajstić information content (AvgIpc) is 2.85. The number of ether oxygens (including phenoxy) is 1. The number of hydrogen-bond acceptors (Lipinski definition) is 4. The molecule has 6 nitrogen and oxygen atoms in total. The summed E-state index contributed by atoms with van der Waals surface area (Å²) in [7, 11) is 0. The van der Waals surface area contributed by atoms with Gasteiger partial charge < -0.3 is 10.1 Å². The molecule has 2 amide bonds. The van der Waals surface area contributed by atoms with Gasteiger partial charge in [0.1, 0.15) is 11.6 Å². The number of carbonyl (C=O) groups is 2. The maximum Gasteiger partial charge on any atom is 0.410 e. The minimum atomic E-state index is -0.567. The van der Waals surface area contributed by atoms with E-state index in [1.54, 1.807) is 18.3 Å². The summed E-state index contributed by atoms with van der Waals surface area (Å²) in [4.78, 5) is 30.2. The van der Waals surface area contributed by atoms with E-state index in [0.717, 1.165) is 12.1 Å². The highest BCUT2D eigenvalue weighted by Crippen LogP contribution is 2.22. The van der Waals surface area contributed by atoms with E-state index in [4.69, 9.17) is 4.74 Å². The summed E-state index contributed by atoms with van der Waals surface area (Å²) in [6.45, 7) is 7.85. The zero-order valence-electron chi connectivity index (χ0n) is 13.5. The smallest absolute Gasteiger partial charge is 0.410 e. The van der Waals surface area contributed by atoms with Crippen LogP contribution in [0.5, 0.6) is 0 Å². The van der Waals surface area contributed by atoms with Crippen molar-refractivity contribution in [2.75, 3.05) is 11.9 Å². The van der Waals surface area contributed by atoms with Crippen molar-refractivity contribution in [3.05, 3.63) is 24.0 Å². The molecule has 22 heavy (non-hydrogen) atoms. The molecule has 6 heteroatoms. The lowest BCUT2D eigenvalue weighted by molar-refractivity contribution is -0.120. The van der Waals surface area contributed by atoms with Crippen LogP contribution in [0.1, 0.15) is 39.3 Å². The number of aryl methyl sites for hydroxylation is 1. The number of likely N-dealkylation sites (tertiary alicyclic amines) is 1. The third kappa shape index (κ3) is 4.19. The first-order valence-electron chi connectivity index (χ1n) is 7.49. The second-order valence-electron chi connectivity index (χ2n) is 6.51. The van der Waals surface area contributed by atoms with Crippen molar-refractivity contribution < 1.29 is 14.3 Å². The largest absolute Gasteiger partial charge is 0.444 e. The minimum Gasteiger partial charge on any atom is -0.444 e. The van der Waals surface area contributed by atoms with Crippen LogP contribution >= 0.6 is 0 Å². The van der Waals surface area contributed by atoms with Crippen molar-refractivity contribution in [3.63, 3.8) is 0 Å². The van der Waals surface area contributed by atoms with E-state index < -0.39 is 17.7 Å². The van der Waals surface area contributed by atoms with Gasteiger partial charge in [-0.2, -0.15) is 0 Å². The number of carbonyl (C=O) groups excluding carboxylic acids is 2. The number of pyridine rings is 1. The molecule has 0 aliphatic carbocycles. The van der Waals surface area contributed by atoms with Gasteiger partial charge in [0.25, 0.3) is 0 Å². The highest BCUT2D eigenvalue weighted by atomic mass is 16.6. The summed E-state index contributed by atoms with van der Waals surface area (Å²) < 4.78 is 5.37. The lowest BCUT2D eigenvalue weighted by Crippen LogP contribution is -2.45. The fourth-order valence-electron chi connectivity index (χ4n) is 2.43. The van der Waals surface area contributed by atoms with Crippen LogP contribution in [-0.4, -0.2) is 40.1 Å². The van der Waals surface area contributed by atoms with Crippen LogP contribution in [0.15, 0.2) is 18.3 Å². The quantitative estimate of drug-likeness (QED) is 0.912. The molecule has 1 aromatic rings. The van der Waals surface area contributed by atoms with Gasteiger partial charge in [-0.3, -0.25) is 14.7 Å². The third-order valence-corrected chi connectivity index (χ3v) is 3.35. The Kier molecular flexibility index (Phi) is 4.68. The van der Waals surface area contributed by atoms with Gasteiger partial charge in [-0.15, -0.1) is 0 Å². The number of hydrogen-bond donors (Lipinski definition) is 1. The molecule has 0 saturated carbocycles. The Morgan fingerprint density at radius 2 is 2.14 bits per heavy atom. The van der Waals surface area contributed by atoms with Crippen LogP contribution in [0, 0.1) is 6.92 Å². The molecule has 0 bridgehead atoms. The Morgan fingerprint density at radius 3 is 2.77 bits per heavy atom. The molecule has 1 N–H and O–H groups in total. The molecule has 1 atom stereocenters. The Labute approximate surface area is 130 Å². The van der Waals surface area contributed by atoms with Crippen molar-refractivity contribution in [3.8, 4) is 0 Å². The summed E-state index contributed by atoms with van der Waals surface area (Å²) in [5, 5.41) is 2.84. The van der Waals surface area contributed by atoms with Crippen LogP contribution in [-0.2, 0) is 9.53 Å². The molecule has 1 aromatic heterocycles. The molecule has 1 aliphatic rings. The van der Waals surface area contributed by atoms with E-state index >= 15 is 0 Å². The Hall–Kier alpha value is -2.11. The lowest BCUT2D eigenvalue weighted by Gasteiger charge is -2.28. The first kappa shape index (κ1) is 16.3. The fourth-order valence-corrected chi connectivity index (χ4v) is 2.43. The van der Waals surface area contributed by atoms with Gasteiger partial charge >= 0.3 is 6.09 Å². The molecule has 2 rings (SSSR count). The van der Waals surface area contributed by atoms with E-state index in [9.17, 15) is 9.59 Å². The van der Waals surface area contributed by atoms with Gasteiger partial charge in [0.2, 0.25) is 5.91 Å². The standard InChI is InChI=1S/C16H23N3O3/c1-11-10-12(7-8-17-11)18-14(20)13-6-5-9-19(13)15(21)22-16(2,3)4/h7-8,10,13H,5-6,9H2,1-4H3,(H,17,18,20)/t13-/m0/s1. The number of aromatic nitrogens is 1. The minimum absolute atomic E-state index is 0.186. The number of nitrogens with one attached hydrogen (secondary N) is 1. The van der Waals surface area contributed by atoms with Crippen LogP contribution in [0.25, 0.3) is 0 Å². The van der Waals surface area contributed by atoms with Gasteiger partial charge in [0.05, 0.1) is 0 Å². The molecule has 0 spiro atoms. The Morgan fingerprint density at radius 1 is 1.41 bits per heavy atom. The number of rotatable bonds is 2. The molecule has 120 valence electrons. The first-order chi connectivity index (χ1) is 10.3. The fraction of sp³-hybridized carbons (Fsp3) is 0.562. The van der Waals surface area contributed by atoms with Crippen LogP contribution in [0.4, 0.5) is 10.5 Å². The van der Waals surface area contributed by atoms with Crippen LogP contribution in [0.2, 0.25) is 0 Å². The predicted octanol–water partition coefficient (Wildman–Crippen LogP) is 2.73. The summed E-state index contributed by atoms with van der Waals surface area (Å²) in [6.07, 6.45) is 2.66. The van der Waals surface area contributed by atoms with Crippen LogP contribution < -0.4 is 5.32 Å². The maximum atomic E-state index is 12.4. The second kappa shape index (κ2) is 6.34. The predicted molar refractivity (Wildman–Crippen MR) is 83.6 cm³/mol. The van der Waals surface area contributed by atoms with Gasteiger partial charge in [-0.05, 0) is 52.7 Å². The average molecular weight is 305 g/mol. The van der Waals surface area contributed by atoms with Gasteiger partial charge in [0, 0.05) is 24.1 Å². The van der Waals surface area contributed by atoms with Gasteiger partial charge in [0.15, 0.2) is 0 Å². The van der Waals surface area contributed by atoms with Crippen molar-refractivity contribution in [1.29, 1.82) is 0 Å². The summed E-state index contributed by atoms with van der Waals surface area (Å²) in [5.41, 5.74) is 0.949. The second-order valence-corrected chi connectivity index (χ2v) is 6.51. The van der Waals surface area contributed by atoms with Crippen molar-refractivity contribution in [2.24, 2.45) is 0 Å². The summed E-state index contributed by atoms with van der Waals surface area (Å²) in [6, 6.07) is 3.05. The summed E-state index contributed by atoms with van der Waals surface area (Å²) in [5.74, 6) is -0.186. The van der Waals surface area contributed by atoms with E-state index in [1.807, 2.05) is 27.7 Å². The van der Waals surface area contributed by atoms with Crippen molar-refractivity contribution in [1.82, 2.24) is 9.88 Å². The van der Waals surface area contributed by atoms with E-state index in [-0.39, 0.29) is 5.91 Å². The molecular weight excluding hydrogens is 282 g/mol. The monoisotopic (exact) mass is 305 g/mol. The number of nitrogens with zero attached hydrogens (tertiary/aromatic N) is 2. The van der Waals surface area contributed by atoms with Crippen molar-refractivity contribution >= 4 is 17.7 Å². The van der Waals surface area contributed by atoms with E-state index in [2.05, 4.69) is 10.3 Å². The first-order valence-corrected chi connectivity index (χ1v) is 7.49. The van der Waals surface area contributed by atoms with Crippen LogP contribution in [0.3, 0.4) is 0 Å². The third-order valence-electron chi connectivity index (χ3n) is 3.35. The van der Waals surface area contributed by atoms with Gasteiger partial charge in [-0.25, -0.2) is 4.79 Å². The van der Waals surface area contributed by atoms with E-state index in [1.165, 1.54) is 4.90 Å². The SMILES string of the molecule is Cc1cc(NC(=O)[C@@H]2CCCN2C(=O)OC(C)(C)C)ccn1. The topological polar surface area (TPSA) is 71.5 Å². The Bertz CT molecular complexity index is 566. The van der Waals surface area contributed by atoms with E-state index in [0.29, 0.717) is 18.7 Å². The molecule has 1 saturated heterocycles. The van der Waals surface area contributed by atoms with Crippen molar-refractivity contribution in [2.45, 2.75) is 52.2 Å². The number of amides is 2. The molecule has 0 aromatic carbocycles. The molecular formula is C16H23N3O3. The normalized spacial score (nSPS) is 18.2. The zero-order valence-corrected chi connectivity index (χ0v) is 13.5. The highest BCUT2D eigenvalue weighted by molar-refractivity contribution is 5.96. The molecule has 1 aliphatic heterocycles. The maximum absolute atomic E-state index is 12.4. The number of anilines is 1. The highest BCUT2D eigenvalue weighted by Gasteiger charge is 2.36. The summed E-state index contributed by atoms with van der Waals surface area (Å²) >= 11 is 0. The zero-order chi connectivity index (χ0) is 16.3. The van der Waals surface area contributed by atoms with Gasteiger partial charge in [-0.1, -0.05) is 0 Å².